The molecule has 0 unspecified atom stereocenters. The first-order valence-corrected chi connectivity index (χ1v) is 3.09. The molecule has 6 heteroatoms. The predicted molar refractivity (Wildman–Crippen MR) is 37.8 cm³/mol. The second-order valence-electron chi connectivity index (χ2n) is 2.04. The second-order valence-corrected chi connectivity index (χ2v) is 2.04. The summed E-state index contributed by atoms with van der Waals surface area (Å²) in [7, 11) is 0. The number of rotatable bonds is 2. The van der Waals surface area contributed by atoms with Crippen LogP contribution in [0.1, 0.15) is 21.0 Å². The molecule has 5 N–H and O–H groups in total. The van der Waals surface area contributed by atoms with E-state index in [1.165, 1.54) is 12.4 Å². The van der Waals surface area contributed by atoms with E-state index in [-0.39, 0.29) is 11.4 Å². The van der Waals surface area contributed by atoms with Crippen LogP contribution in [-0.4, -0.2) is 16.8 Å². The maximum absolute atomic E-state index is 10.7. The first-order valence-electron chi connectivity index (χ1n) is 3.09. The largest absolute Gasteiger partial charge is 0.364 e. The zero-order valence-electron chi connectivity index (χ0n) is 6.07. The first kappa shape index (κ1) is 8.12. The molecule has 0 spiro atoms. The van der Waals surface area contributed by atoms with Crippen molar-refractivity contribution in [3.05, 3.63) is 23.8 Å². The summed E-state index contributed by atoms with van der Waals surface area (Å²) in [5.74, 6) is -1.56. The number of primary amides is 2. The molecular weight excluding hydrogens is 160 g/mol. The van der Waals surface area contributed by atoms with Gasteiger partial charge in [0, 0.05) is 0 Å². The fourth-order valence-electron chi connectivity index (χ4n) is 0.740. The number of hydrogen-bond acceptors (Lipinski definition) is 3. The highest BCUT2D eigenvalue weighted by Gasteiger charge is 2.20. The summed E-state index contributed by atoms with van der Waals surface area (Å²) >= 11 is 0. The minimum absolute atomic E-state index is 0.0787. The molecule has 0 aliphatic heterocycles. The van der Waals surface area contributed by atoms with Gasteiger partial charge in [-0.2, -0.15) is 0 Å². The van der Waals surface area contributed by atoms with Crippen molar-refractivity contribution in [2.75, 3.05) is 0 Å². The van der Waals surface area contributed by atoms with Crippen LogP contribution in [0.3, 0.4) is 0 Å². The normalized spacial score (nSPS) is 9.33. The topological polar surface area (TPSA) is 113 Å². The number of nitrogens with two attached hydrogens (primary N) is 2. The Morgan fingerprint density at radius 2 is 2.00 bits per heavy atom. The molecule has 0 fully saturated rings. The molecule has 62 valence electrons. The highest BCUT2D eigenvalue weighted by atomic mass is 16.2. The molecule has 0 saturated carbocycles. The van der Waals surface area contributed by atoms with Gasteiger partial charge in [-0.05, 0) is 0 Å². The van der Waals surface area contributed by atoms with Crippen molar-refractivity contribution in [1.29, 1.82) is 0 Å². The number of amides is 2. The third kappa shape index (κ3) is 1.36. The lowest BCUT2D eigenvalue weighted by Gasteiger charge is -1.92. The van der Waals surface area contributed by atoms with E-state index in [2.05, 4.69) is 9.97 Å². The van der Waals surface area contributed by atoms with Crippen molar-refractivity contribution in [2.45, 2.75) is 0 Å². The van der Waals surface area contributed by atoms with Crippen molar-refractivity contribution in [1.82, 2.24) is 4.98 Å². The highest BCUT2D eigenvalue weighted by molar-refractivity contribution is 6.02. The summed E-state index contributed by atoms with van der Waals surface area (Å²) in [4.78, 5) is 27.4. The third-order valence-electron chi connectivity index (χ3n) is 1.22. The van der Waals surface area contributed by atoms with E-state index in [1.807, 2.05) is 0 Å². The van der Waals surface area contributed by atoms with Crippen LogP contribution in [0.4, 0.5) is 0 Å². The van der Waals surface area contributed by atoms with E-state index in [1.54, 1.807) is 0 Å². The summed E-state index contributed by atoms with van der Waals surface area (Å²) in [5.41, 5.74) is 9.63. The van der Waals surface area contributed by atoms with Crippen molar-refractivity contribution in [3.8, 4) is 0 Å². The molecule has 2 amide bonds. The molecule has 1 rings (SSSR count). The lowest BCUT2D eigenvalue weighted by atomic mass is 10.3. The van der Waals surface area contributed by atoms with Crippen molar-refractivity contribution in [3.63, 3.8) is 0 Å². The van der Waals surface area contributed by atoms with Gasteiger partial charge in [0.05, 0.1) is 6.20 Å². The Balaban J connectivity index is 3.27. The zero-order chi connectivity index (χ0) is 9.14. The minimum Gasteiger partial charge on any atom is -0.364 e. The monoisotopic (exact) mass is 167 g/mol. The van der Waals surface area contributed by atoms with E-state index < -0.39 is 11.8 Å². The van der Waals surface area contributed by atoms with Crippen LogP contribution in [0.15, 0.2) is 12.4 Å². The summed E-state index contributed by atoms with van der Waals surface area (Å²) in [6, 6.07) is 0. The van der Waals surface area contributed by atoms with Crippen LogP contribution in [0.5, 0.6) is 0 Å². The Morgan fingerprint density at radius 1 is 1.33 bits per heavy atom. The SMILES string of the molecule is NC(=O)c1ncc[nH+]c1C(N)=O. The number of hydrogen-bond donors (Lipinski definition) is 2. The predicted octanol–water partition coefficient (Wildman–Crippen LogP) is -1.91. The van der Waals surface area contributed by atoms with E-state index >= 15 is 0 Å². The number of aromatic nitrogens is 2. The molecule has 1 heterocycles. The Kier molecular flexibility index (Phi) is 2.00. The number of nitrogens with zero attached hydrogens (tertiary/aromatic N) is 1. The van der Waals surface area contributed by atoms with Crippen LogP contribution < -0.4 is 16.5 Å². The molecule has 1 aromatic rings. The fourth-order valence-corrected chi connectivity index (χ4v) is 0.740. The Labute approximate surface area is 67.6 Å². The zero-order valence-corrected chi connectivity index (χ0v) is 6.07. The van der Waals surface area contributed by atoms with Crippen molar-refractivity contribution >= 4 is 11.8 Å². The quantitative estimate of drug-likeness (QED) is 0.535. The minimum atomic E-state index is -0.791. The van der Waals surface area contributed by atoms with E-state index in [0.717, 1.165) is 0 Å². The number of carbonyl (C=O) groups is 2. The fraction of sp³-hybridized carbons (Fsp3) is 0. The molecule has 0 atom stereocenters. The van der Waals surface area contributed by atoms with Gasteiger partial charge in [0.1, 0.15) is 0 Å². The summed E-state index contributed by atoms with van der Waals surface area (Å²) in [5, 5.41) is 0. The van der Waals surface area contributed by atoms with Gasteiger partial charge in [-0.25, -0.2) is 9.97 Å². The van der Waals surface area contributed by atoms with Gasteiger partial charge in [0.2, 0.25) is 5.69 Å². The van der Waals surface area contributed by atoms with E-state index in [0.29, 0.717) is 0 Å². The third-order valence-corrected chi connectivity index (χ3v) is 1.22. The molecule has 0 aliphatic rings. The number of carbonyl (C=O) groups excluding carboxylic acids is 2. The van der Waals surface area contributed by atoms with Crippen LogP contribution in [0.25, 0.3) is 0 Å². The van der Waals surface area contributed by atoms with Gasteiger partial charge in [-0.3, -0.25) is 9.59 Å². The lowest BCUT2D eigenvalue weighted by Crippen LogP contribution is -2.30. The van der Waals surface area contributed by atoms with E-state index in [9.17, 15) is 9.59 Å². The van der Waals surface area contributed by atoms with E-state index in [4.69, 9.17) is 11.5 Å². The van der Waals surface area contributed by atoms with Crippen LogP contribution in [0.2, 0.25) is 0 Å². The number of nitrogens with one attached hydrogen (secondary N) is 1. The standard InChI is InChI=1S/C6H6N4O2/c7-5(11)3-4(6(8)12)10-2-1-9-3/h1-2H,(H2,7,11)(H2,8,12)/p+1. The number of H-pyrrole nitrogens is 1. The Bertz CT molecular complexity index is 303. The van der Waals surface area contributed by atoms with Crippen LogP contribution in [0, 0.1) is 0 Å². The second kappa shape index (κ2) is 2.95. The molecule has 0 aliphatic carbocycles. The summed E-state index contributed by atoms with van der Waals surface area (Å²) < 4.78 is 0. The molecule has 1 aromatic heterocycles. The average Bonchev–Trinajstić information content (AvgIpc) is 2.04. The number of aromatic amines is 1. The van der Waals surface area contributed by atoms with Crippen LogP contribution >= 0.6 is 0 Å². The van der Waals surface area contributed by atoms with Crippen molar-refractivity contribution < 1.29 is 14.6 Å². The Hall–Kier alpha value is -1.98. The van der Waals surface area contributed by atoms with Gasteiger partial charge < -0.3 is 11.5 Å². The van der Waals surface area contributed by atoms with Gasteiger partial charge in [0.15, 0.2) is 6.20 Å². The molecule has 0 aromatic carbocycles. The van der Waals surface area contributed by atoms with Gasteiger partial charge in [-0.1, -0.05) is 0 Å². The van der Waals surface area contributed by atoms with Gasteiger partial charge in [0.25, 0.3) is 11.6 Å². The summed E-state index contributed by atoms with van der Waals surface area (Å²) in [6.07, 6.45) is 2.69. The maximum Gasteiger partial charge on any atom is 0.316 e. The maximum atomic E-state index is 10.7. The highest BCUT2D eigenvalue weighted by Crippen LogP contribution is 1.94. The smallest absolute Gasteiger partial charge is 0.316 e. The lowest BCUT2D eigenvalue weighted by molar-refractivity contribution is -0.383. The Morgan fingerprint density at radius 3 is 2.42 bits per heavy atom. The van der Waals surface area contributed by atoms with Gasteiger partial charge >= 0.3 is 5.91 Å². The molecule has 0 radical (unpaired) electrons. The van der Waals surface area contributed by atoms with Crippen LogP contribution in [-0.2, 0) is 0 Å². The molecule has 12 heavy (non-hydrogen) atoms. The van der Waals surface area contributed by atoms with Crippen molar-refractivity contribution in [2.24, 2.45) is 11.5 Å². The molecule has 0 bridgehead atoms. The first-order chi connectivity index (χ1) is 5.63. The molecule has 0 saturated heterocycles. The molecular formula is C6H7N4O2+. The molecule has 6 nitrogen and oxygen atoms in total. The average molecular weight is 167 g/mol. The van der Waals surface area contributed by atoms with Gasteiger partial charge in [-0.15, -0.1) is 0 Å². The summed E-state index contributed by atoms with van der Waals surface area (Å²) in [6.45, 7) is 0.